The fourth-order valence-corrected chi connectivity index (χ4v) is 5.05. The van der Waals surface area contributed by atoms with Gasteiger partial charge in [-0.1, -0.05) is 25.7 Å². The highest BCUT2D eigenvalue weighted by molar-refractivity contribution is 5.91. The molecule has 1 atom stereocenters. The molecular formula is C23H31N5O2. The molecule has 2 aromatic rings. The zero-order valence-electron chi connectivity index (χ0n) is 17.9. The first-order chi connectivity index (χ1) is 14.8. The summed E-state index contributed by atoms with van der Waals surface area (Å²) in [5.41, 5.74) is 4.67. The van der Waals surface area contributed by atoms with E-state index in [1.54, 1.807) is 14.2 Å². The van der Waals surface area contributed by atoms with E-state index in [0.29, 0.717) is 6.04 Å². The maximum absolute atomic E-state index is 5.46. The molecule has 3 aliphatic rings. The van der Waals surface area contributed by atoms with Crippen LogP contribution in [0.4, 0.5) is 5.69 Å². The molecule has 0 amide bonds. The van der Waals surface area contributed by atoms with E-state index < -0.39 is 0 Å². The Bertz CT molecular complexity index is 930. The van der Waals surface area contributed by atoms with Gasteiger partial charge in [-0.2, -0.15) is 0 Å². The minimum atomic E-state index is -0.0909. The van der Waals surface area contributed by atoms with Crippen molar-refractivity contribution in [2.75, 3.05) is 26.1 Å². The number of aliphatic imine (C=N–C) groups is 1. The average Bonchev–Trinajstić information content (AvgIpc) is 3.02. The number of nitrogens with zero attached hydrogens (tertiary/aromatic N) is 4. The number of anilines is 1. The first-order valence-corrected chi connectivity index (χ1v) is 11.1. The van der Waals surface area contributed by atoms with E-state index in [0.717, 1.165) is 42.3 Å². The molecule has 160 valence electrons. The van der Waals surface area contributed by atoms with Crippen molar-refractivity contribution in [2.24, 2.45) is 4.99 Å². The summed E-state index contributed by atoms with van der Waals surface area (Å²) in [7, 11) is 3.31. The van der Waals surface area contributed by atoms with Gasteiger partial charge in [-0.05, 0) is 18.9 Å². The van der Waals surface area contributed by atoms with Gasteiger partial charge >= 0.3 is 0 Å². The van der Waals surface area contributed by atoms with Crippen LogP contribution in [0.25, 0.3) is 0 Å². The topological polar surface area (TPSA) is 63.9 Å². The lowest BCUT2D eigenvalue weighted by atomic mass is 10.1. The van der Waals surface area contributed by atoms with Gasteiger partial charge in [0, 0.05) is 54.8 Å². The number of aromatic nitrogens is 2. The molecule has 7 heteroatoms. The van der Waals surface area contributed by atoms with E-state index >= 15 is 0 Å². The maximum atomic E-state index is 5.46. The molecule has 0 spiro atoms. The largest absolute Gasteiger partial charge is 0.493 e. The highest BCUT2D eigenvalue weighted by atomic mass is 16.5. The molecule has 2 aliphatic heterocycles. The Balaban J connectivity index is 1.32. The Morgan fingerprint density at radius 3 is 2.57 bits per heavy atom. The third-order valence-electron chi connectivity index (χ3n) is 6.73. The number of hydrogen-bond donors (Lipinski definition) is 1. The lowest BCUT2D eigenvalue weighted by Gasteiger charge is -2.35. The van der Waals surface area contributed by atoms with Crippen LogP contribution in [0.3, 0.4) is 0 Å². The lowest BCUT2D eigenvalue weighted by Crippen LogP contribution is -2.44. The van der Waals surface area contributed by atoms with E-state index in [2.05, 4.69) is 21.1 Å². The molecule has 0 radical (unpaired) electrons. The second-order valence-corrected chi connectivity index (χ2v) is 8.50. The normalized spacial score (nSPS) is 22.0. The minimum absolute atomic E-state index is 0.0909. The summed E-state index contributed by atoms with van der Waals surface area (Å²) < 4.78 is 13.4. The minimum Gasteiger partial charge on any atom is -0.493 e. The van der Waals surface area contributed by atoms with Crippen molar-refractivity contribution in [3.05, 3.63) is 35.4 Å². The van der Waals surface area contributed by atoms with Crippen LogP contribution >= 0.6 is 0 Å². The van der Waals surface area contributed by atoms with Crippen molar-refractivity contribution in [1.29, 1.82) is 0 Å². The van der Waals surface area contributed by atoms with Crippen LogP contribution in [-0.2, 0) is 13.0 Å². The van der Waals surface area contributed by atoms with Gasteiger partial charge in [0.1, 0.15) is 0 Å². The zero-order valence-corrected chi connectivity index (χ0v) is 17.9. The van der Waals surface area contributed by atoms with Gasteiger partial charge in [-0.3, -0.25) is 9.89 Å². The molecule has 1 aromatic carbocycles. The Hall–Kier alpha value is -2.54. The summed E-state index contributed by atoms with van der Waals surface area (Å²) in [4.78, 5) is 11.9. The Morgan fingerprint density at radius 2 is 1.80 bits per heavy atom. The van der Waals surface area contributed by atoms with Crippen LogP contribution in [0.15, 0.2) is 23.5 Å². The van der Waals surface area contributed by atoms with Gasteiger partial charge in [-0.15, -0.1) is 0 Å². The van der Waals surface area contributed by atoms with Crippen molar-refractivity contribution >= 4 is 11.9 Å². The second kappa shape index (κ2) is 8.30. The smallest absolute Gasteiger partial charge is 0.176 e. The molecule has 7 nitrogen and oxygen atoms in total. The van der Waals surface area contributed by atoms with Gasteiger partial charge in [0.05, 0.1) is 26.2 Å². The predicted octanol–water partition coefficient (Wildman–Crippen LogP) is 3.98. The highest BCUT2D eigenvalue weighted by Crippen LogP contribution is 2.35. The molecule has 1 fully saturated rings. The van der Waals surface area contributed by atoms with Crippen LogP contribution in [0.5, 0.6) is 11.5 Å². The molecule has 30 heavy (non-hydrogen) atoms. The summed E-state index contributed by atoms with van der Waals surface area (Å²) in [6, 6.07) is 4.59. The number of hydrogen-bond acceptors (Lipinski definition) is 6. The summed E-state index contributed by atoms with van der Waals surface area (Å²) in [5, 5.41) is 3.56. The lowest BCUT2D eigenvalue weighted by molar-refractivity contribution is 0.196. The summed E-state index contributed by atoms with van der Waals surface area (Å²) in [6.07, 6.45) is 13.0. The molecule has 0 bridgehead atoms. The van der Waals surface area contributed by atoms with E-state index in [-0.39, 0.29) is 6.29 Å². The highest BCUT2D eigenvalue weighted by Gasteiger charge is 2.29. The van der Waals surface area contributed by atoms with E-state index in [4.69, 9.17) is 19.5 Å². The van der Waals surface area contributed by atoms with Crippen LogP contribution in [-0.4, -0.2) is 47.7 Å². The Kier molecular flexibility index (Phi) is 5.37. The van der Waals surface area contributed by atoms with Crippen LogP contribution in [0.1, 0.15) is 61.5 Å². The van der Waals surface area contributed by atoms with Crippen molar-refractivity contribution in [1.82, 2.24) is 14.5 Å². The molecule has 1 saturated carbocycles. The van der Waals surface area contributed by atoms with E-state index in [1.165, 1.54) is 49.9 Å². The standard InChI is InChI=1S/C23H31N5O2/c1-29-21-11-16-13-24-23(26-18(16)12-22(21)30-2)27-10-9-20-19(14-27)25-15-28(20)17-7-5-3-4-6-8-17/h11-13,15,17,23,26H,3-10,14H2,1-2H3. The Morgan fingerprint density at radius 1 is 1.03 bits per heavy atom. The molecule has 1 aliphatic carbocycles. The fourth-order valence-electron chi connectivity index (χ4n) is 5.05. The SMILES string of the molecule is COc1cc2c(cc1OC)NC(N1CCc3c(ncn3C3CCCCCC3)C1)N=C2. The number of benzene rings is 1. The first kappa shape index (κ1) is 19.4. The number of methoxy groups -OCH3 is 2. The maximum Gasteiger partial charge on any atom is 0.176 e. The quantitative estimate of drug-likeness (QED) is 0.774. The van der Waals surface area contributed by atoms with E-state index in [9.17, 15) is 0 Å². The zero-order chi connectivity index (χ0) is 20.5. The van der Waals surface area contributed by atoms with Crippen molar-refractivity contribution in [2.45, 2.75) is 63.8 Å². The Labute approximate surface area is 178 Å². The van der Waals surface area contributed by atoms with Gasteiger partial charge in [0.2, 0.25) is 0 Å². The summed E-state index contributed by atoms with van der Waals surface area (Å²) in [5.74, 6) is 1.44. The molecule has 0 saturated heterocycles. The second-order valence-electron chi connectivity index (χ2n) is 8.50. The fraction of sp³-hybridized carbons (Fsp3) is 0.565. The third kappa shape index (κ3) is 3.55. The monoisotopic (exact) mass is 409 g/mol. The third-order valence-corrected chi connectivity index (χ3v) is 6.73. The molecule has 5 rings (SSSR count). The number of nitrogens with one attached hydrogen (secondary N) is 1. The molecule has 1 aromatic heterocycles. The summed E-state index contributed by atoms with van der Waals surface area (Å²) >= 11 is 0. The molecule has 1 unspecified atom stereocenters. The van der Waals surface area contributed by atoms with Gasteiger partial charge in [0.25, 0.3) is 0 Å². The summed E-state index contributed by atoms with van der Waals surface area (Å²) in [6.45, 7) is 1.80. The molecule has 1 N–H and O–H groups in total. The van der Waals surface area contributed by atoms with Crippen molar-refractivity contribution < 1.29 is 9.47 Å². The number of imidazole rings is 1. The van der Waals surface area contributed by atoms with Crippen LogP contribution in [0, 0.1) is 0 Å². The van der Waals surface area contributed by atoms with E-state index in [1.807, 2.05) is 18.3 Å². The number of ether oxygens (including phenoxy) is 2. The van der Waals surface area contributed by atoms with Gasteiger partial charge in [-0.25, -0.2) is 4.98 Å². The predicted molar refractivity (Wildman–Crippen MR) is 118 cm³/mol. The molecule has 3 heterocycles. The average molecular weight is 410 g/mol. The molecular weight excluding hydrogens is 378 g/mol. The van der Waals surface area contributed by atoms with Gasteiger partial charge in [0.15, 0.2) is 17.8 Å². The number of fused-ring (bicyclic) bond motifs is 2. The van der Waals surface area contributed by atoms with Crippen molar-refractivity contribution in [3.8, 4) is 11.5 Å². The first-order valence-electron chi connectivity index (χ1n) is 11.1. The van der Waals surface area contributed by atoms with Crippen LogP contribution in [0.2, 0.25) is 0 Å². The van der Waals surface area contributed by atoms with Gasteiger partial charge < -0.3 is 19.4 Å². The van der Waals surface area contributed by atoms with Crippen LogP contribution < -0.4 is 14.8 Å². The number of rotatable bonds is 4. The van der Waals surface area contributed by atoms with Crippen molar-refractivity contribution in [3.63, 3.8) is 0 Å².